The van der Waals surface area contributed by atoms with Gasteiger partial charge < -0.3 is 10.2 Å². The molecule has 0 unspecified atom stereocenters. The van der Waals surface area contributed by atoms with Gasteiger partial charge in [-0.25, -0.2) is 4.39 Å². The van der Waals surface area contributed by atoms with Gasteiger partial charge in [0.05, 0.1) is 6.42 Å². The zero-order chi connectivity index (χ0) is 21.6. The Labute approximate surface area is 177 Å². The zero-order valence-corrected chi connectivity index (χ0v) is 18.1. The highest BCUT2D eigenvalue weighted by Crippen LogP contribution is 2.21. The van der Waals surface area contributed by atoms with Crippen LogP contribution in [0.1, 0.15) is 38.8 Å². The Morgan fingerprint density at radius 2 is 1.76 bits per heavy atom. The van der Waals surface area contributed by atoms with Crippen molar-refractivity contribution in [2.75, 3.05) is 6.54 Å². The molecule has 1 atom stereocenters. The summed E-state index contributed by atoms with van der Waals surface area (Å²) in [6, 6.07) is 13.3. The molecule has 0 spiro atoms. The molecular formula is C23H28ClFN2O2. The van der Waals surface area contributed by atoms with Crippen LogP contribution in [-0.4, -0.2) is 34.8 Å². The molecule has 0 bridgehead atoms. The van der Waals surface area contributed by atoms with Gasteiger partial charge in [-0.05, 0) is 51.8 Å². The SMILES string of the molecule is C[C@@H](C(=O)NC(C)(C)C)N(CCc1ccccc1)C(=O)Cc1c(F)cccc1Cl. The first-order valence-corrected chi connectivity index (χ1v) is 10.0. The van der Waals surface area contributed by atoms with E-state index in [2.05, 4.69) is 5.32 Å². The number of nitrogens with one attached hydrogen (secondary N) is 1. The average Bonchev–Trinajstić information content (AvgIpc) is 2.64. The molecule has 0 aliphatic carbocycles. The van der Waals surface area contributed by atoms with Crippen LogP contribution in [0.15, 0.2) is 48.5 Å². The zero-order valence-electron chi connectivity index (χ0n) is 17.3. The van der Waals surface area contributed by atoms with Gasteiger partial charge in [0.15, 0.2) is 0 Å². The van der Waals surface area contributed by atoms with Crippen LogP contribution in [0.5, 0.6) is 0 Å². The average molecular weight is 419 g/mol. The van der Waals surface area contributed by atoms with Crippen molar-refractivity contribution in [1.82, 2.24) is 10.2 Å². The second-order valence-electron chi connectivity index (χ2n) is 8.11. The van der Waals surface area contributed by atoms with E-state index in [1.807, 2.05) is 51.1 Å². The molecule has 0 fully saturated rings. The Morgan fingerprint density at radius 1 is 1.10 bits per heavy atom. The lowest BCUT2D eigenvalue weighted by molar-refractivity contribution is -0.140. The number of amides is 2. The third kappa shape index (κ3) is 6.86. The molecule has 0 heterocycles. The second kappa shape index (κ2) is 9.88. The molecule has 0 aliphatic rings. The summed E-state index contributed by atoms with van der Waals surface area (Å²) in [6.07, 6.45) is 0.387. The topological polar surface area (TPSA) is 49.4 Å². The van der Waals surface area contributed by atoms with Gasteiger partial charge in [-0.15, -0.1) is 0 Å². The molecule has 4 nitrogen and oxygen atoms in total. The molecule has 156 valence electrons. The van der Waals surface area contributed by atoms with E-state index < -0.39 is 17.4 Å². The summed E-state index contributed by atoms with van der Waals surface area (Å²) in [5, 5.41) is 3.11. The van der Waals surface area contributed by atoms with E-state index >= 15 is 0 Å². The Morgan fingerprint density at radius 3 is 2.34 bits per heavy atom. The maximum Gasteiger partial charge on any atom is 0.242 e. The molecule has 29 heavy (non-hydrogen) atoms. The summed E-state index contributed by atoms with van der Waals surface area (Å²) in [7, 11) is 0. The molecular weight excluding hydrogens is 391 g/mol. The van der Waals surface area contributed by atoms with E-state index in [1.165, 1.54) is 17.0 Å². The number of halogens is 2. The molecule has 1 N–H and O–H groups in total. The highest BCUT2D eigenvalue weighted by molar-refractivity contribution is 6.31. The quantitative estimate of drug-likeness (QED) is 0.724. The highest BCUT2D eigenvalue weighted by Gasteiger charge is 2.28. The van der Waals surface area contributed by atoms with Crippen molar-refractivity contribution in [1.29, 1.82) is 0 Å². The van der Waals surface area contributed by atoms with Crippen molar-refractivity contribution in [2.45, 2.75) is 52.1 Å². The van der Waals surface area contributed by atoms with Gasteiger partial charge in [0.2, 0.25) is 11.8 Å². The first kappa shape index (κ1) is 22.9. The van der Waals surface area contributed by atoms with E-state index in [1.54, 1.807) is 13.0 Å². The molecule has 0 aromatic heterocycles. The molecule has 2 aromatic carbocycles. The van der Waals surface area contributed by atoms with Crippen LogP contribution in [0, 0.1) is 5.82 Å². The smallest absolute Gasteiger partial charge is 0.242 e. The minimum absolute atomic E-state index is 0.146. The molecule has 0 aliphatic heterocycles. The van der Waals surface area contributed by atoms with Crippen LogP contribution in [0.2, 0.25) is 5.02 Å². The Kier molecular flexibility index (Phi) is 7.80. The number of carbonyl (C=O) groups excluding carboxylic acids is 2. The van der Waals surface area contributed by atoms with Crippen molar-refractivity contribution in [3.05, 3.63) is 70.5 Å². The summed E-state index contributed by atoms with van der Waals surface area (Å²) >= 11 is 6.09. The standard InChI is InChI=1S/C23H28ClFN2O2/c1-16(22(29)26-23(2,3)4)27(14-13-17-9-6-5-7-10-17)21(28)15-18-19(24)11-8-12-20(18)25/h5-12,16H,13-15H2,1-4H3,(H,26,29)/t16-/m0/s1. The number of carbonyl (C=O) groups is 2. The maximum atomic E-state index is 14.2. The van der Waals surface area contributed by atoms with Crippen molar-refractivity contribution >= 4 is 23.4 Å². The molecule has 0 radical (unpaired) electrons. The van der Waals surface area contributed by atoms with Crippen molar-refractivity contribution < 1.29 is 14.0 Å². The monoisotopic (exact) mass is 418 g/mol. The fourth-order valence-electron chi connectivity index (χ4n) is 3.00. The predicted octanol–water partition coefficient (Wildman–Crippen LogP) is 4.40. The first-order chi connectivity index (χ1) is 13.6. The van der Waals surface area contributed by atoms with E-state index in [0.29, 0.717) is 13.0 Å². The third-order valence-electron chi connectivity index (χ3n) is 4.54. The minimum Gasteiger partial charge on any atom is -0.350 e. The summed E-state index contributed by atoms with van der Waals surface area (Å²) in [6.45, 7) is 7.67. The van der Waals surface area contributed by atoms with Gasteiger partial charge >= 0.3 is 0 Å². The Balaban J connectivity index is 2.22. The van der Waals surface area contributed by atoms with Crippen molar-refractivity contribution in [2.24, 2.45) is 0 Å². The Bertz CT molecular complexity index is 829. The molecule has 2 amide bonds. The van der Waals surface area contributed by atoms with Crippen LogP contribution < -0.4 is 5.32 Å². The van der Waals surface area contributed by atoms with Gasteiger partial charge in [-0.2, -0.15) is 0 Å². The fourth-order valence-corrected chi connectivity index (χ4v) is 3.23. The van der Waals surface area contributed by atoms with Crippen LogP contribution in [0.3, 0.4) is 0 Å². The lowest BCUT2D eigenvalue weighted by atomic mass is 10.1. The Hall–Kier alpha value is -2.40. The second-order valence-corrected chi connectivity index (χ2v) is 8.52. The largest absolute Gasteiger partial charge is 0.350 e. The first-order valence-electron chi connectivity index (χ1n) is 9.67. The highest BCUT2D eigenvalue weighted by atomic mass is 35.5. The van der Waals surface area contributed by atoms with Crippen molar-refractivity contribution in [3.8, 4) is 0 Å². The predicted molar refractivity (Wildman–Crippen MR) is 114 cm³/mol. The summed E-state index contributed by atoms with van der Waals surface area (Å²) in [4.78, 5) is 27.3. The van der Waals surface area contributed by atoms with Crippen LogP contribution in [0.25, 0.3) is 0 Å². The molecule has 2 aromatic rings. The van der Waals surface area contributed by atoms with Gasteiger partial charge in [0.1, 0.15) is 11.9 Å². The lowest BCUT2D eigenvalue weighted by Crippen LogP contribution is -2.53. The van der Waals surface area contributed by atoms with Gasteiger partial charge in [0, 0.05) is 22.7 Å². The normalized spacial score (nSPS) is 12.3. The molecule has 0 saturated carbocycles. The maximum absolute atomic E-state index is 14.2. The number of hydrogen-bond acceptors (Lipinski definition) is 2. The molecule has 6 heteroatoms. The van der Waals surface area contributed by atoms with Crippen molar-refractivity contribution in [3.63, 3.8) is 0 Å². The van der Waals surface area contributed by atoms with E-state index in [-0.39, 0.29) is 28.8 Å². The van der Waals surface area contributed by atoms with E-state index in [9.17, 15) is 14.0 Å². The van der Waals surface area contributed by atoms with Gasteiger partial charge in [-0.1, -0.05) is 48.0 Å². The van der Waals surface area contributed by atoms with Gasteiger partial charge in [-0.3, -0.25) is 9.59 Å². The number of nitrogens with zero attached hydrogens (tertiary/aromatic N) is 1. The molecule has 0 saturated heterocycles. The third-order valence-corrected chi connectivity index (χ3v) is 4.89. The summed E-state index contributed by atoms with van der Waals surface area (Å²) in [5.74, 6) is -1.12. The number of benzene rings is 2. The summed E-state index contributed by atoms with van der Waals surface area (Å²) < 4.78 is 14.2. The van der Waals surface area contributed by atoms with Crippen LogP contribution in [-0.2, 0) is 22.4 Å². The summed E-state index contributed by atoms with van der Waals surface area (Å²) in [5.41, 5.74) is 0.777. The fraction of sp³-hybridized carbons (Fsp3) is 0.391. The molecule has 2 rings (SSSR count). The lowest BCUT2D eigenvalue weighted by Gasteiger charge is -2.31. The van der Waals surface area contributed by atoms with Crippen LogP contribution >= 0.6 is 11.6 Å². The van der Waals surface area contributed by atoms with E-state index in [4.69, 9.17) is 11.6 Å². The number of rotatable bonds is 7. The van der Waals surface area contributed by atoms with E-state index in [0.717, 1.165) is 5.56 Å². The minimum atomic E-state index is -0.698. The van der Waals surface area contributed by atoms with Crippen LogP contribution in [0.4, 0.5) is 4.39 Å². The van der Waals surface area contributed by atoms with Gasteiger partial charge in [0.25, 0.3) is 0 Å². The number of hydrogen-bond donors (Lipinski definition) is 1.